The first-order chi connectivity index (χ1) is 6.00. The zero-order chi connectivity index (χ0) is 10.0. The average molecular weight is 204 g/mol. The van der Waals surface area contributed by atoms with E-state index in [2.05, 4.69) is 11.9 Å². The Hall–Kier alpha value is -0.540. The number of amides is 1. The lowest BCUT2D eigenvalue weighted by atomic mass is 10.1. The second-order valence-corrected chi connectivity index (χ2v) is 3.83. The molecule has 4 heteroatoms. The molecular weight excluding hydrogens is 190 g/mol. The molecule has 0 aromatic rings. The topological polar surface area (TPSA) is 38.3 Å². The summed E-state index contributed by atoms with van der Waals surface area (Å²) in [6.45, 7) is 7.27. The number of ether oxygens (including phenoxy) is 1. The molecule has 74 valence electrons. The number of carbonyl (C=O) groups is 1. The first kappa shape index (κ1) is 10.5. The fourth-order valence-electron chi connectivity index (χ4n) is 1.49. The van der Waals surface area contributed by atoms with Crippen molar-refractivity contribution in [2.24, 2.45) is 0 Å². The van der Waals surface area contributed by atoms with Crippen molar-refractivity contribution in [1.29, 1.82) is 0 Å². The summed E-state index contributed by atoms with van der Waals surface area (Å²) in [6, 6.07) is 0.0537. The van der Waals surface area contributed by atoms with Crippen molar-refractivity contribution in [3.63, 3.8) is 0 Å². The molecule has 0 aromatic heterocycles. The van der Waals surface area contributed by atoms with Gasteiger partial charge in [-0.25, -0.2) is 0 Å². The van der Waals surface area contributed by atoms with Gasteiger partial charge in [-0.2, -0.15) is 0 Å². The molecule has 13 heavy (non-hydrogen) atoms. The van der Waals surface area contributed by atoms with E-state index in [1.807, 2.05) is 13.8 Å². The van der Waals surface area contributed by atoms with Crippen LogP contribution in [0, 0.1) is 0 Å². The molecule has 0 aromatic carbocycles. The Bertz CT molecular complexity index is 230. The van der Waals surface area contributed by atoms with Gasteiger partial charge in [0.1, 0.15) is 0 Å². The molecule has 1 amide bonds. The molecule has 1 rings (SSSR count). The van der Waals surface area contributed by atoms with Gasteiger partial charge in [-0.1, -0.05) is 18.2 Å². The van der Waals surface area contributed by atoms with Gasteiger partial charge in [-0.15, -0.1) is 0 Å². The minimum absolute atomic E-state index is 0.0201. The largest absolute Gasteiger partial charge is 0.373 e. The number of hydrogen-bond donors (Lipinski definition) is 1. The molecule has 0 radical (unpaired) electrons. The van der Waals surface area contributed by atoms with E-state index < -0.39 is 0 Å². The van der Waals surface area contributed by atoms with Crippen molar-refractivity contribution in [1.82, 2.24) is 5.32 Å². The summed E-state index contributed by atoms with van der Waals surface area (Å²) in [7, 11) is 0. The third-order valence-electron chi connectivity index (χ3n) is 2.16. The standard InChI is InChI=1S/C9H14ClNO2/c1-5-4-8(7(3)13-5)11-9(12)6(2)10/h5,7-8H,2,4H2,1,3H3,(H,11,12). The second kappa shape index (κ2) is 4.11. The summed E-state index contributed by atoms with van der Waals surface area (Å²) < 4.78 is 5.47. The lowest BCUT2D eigenvalue weighted by molar-refractivity contribution is -0.117. The van der Waals surface area contributed by atoms with Gasteiger partial charge in [-0.3, -0.25) is 4.79 Å². The lowest BCUT2D eigenvalue weighted by Crippen LogP contribution is -2.39. The van der Waals surface area contributed by atoms with Crippen LogP contribution >= 0.6 is 11.6 Å². The van der Waals surface area contributed by atoms with Crippen molar-refractivity contribution in [3.8, 4) is 0 Å². The highest BCUT2D eigenvalue weighted by atomic mass is 35.5. The summed E-state index contributed by atoms with van der Waals surface area (Å²) in [5, 5.41) is 2.78. The van der Waals surface area contributed by atoms with Crippen LogP contribution in [-0.4, -0.2) is 24.2 Å². The van der Waals surface area contributed by atoms with Crippen molar-refractivity contribution < 1.29 is 9.53 Å². The average Bonchev–Trinajstić information content (AvgIpc) is 2.30. The Kier molecular flexibility index (Phi) is 3.33. The predicted molar refractivity (Wildman–Crippen MR) is 51.5 cm³/mol. The number of hydrogen-bond acceptors (Lipinski definition) is 2. The first-order valence-electron chi connectivity index (χ1n) is 4.31. The molecule has 1 N–H and O–H groups in total. The highest BCUT2D eigenvalue weighted by molar-refractivity contribution is 6.41. The maximum Gasteiger partial charge on any atom is 0.262 e. The zero-order valence-electron chi connectivity index (χ0n) is 7.84. The number of carbonyl (C=O) groups excluding carboxylic acids is 1. The monoisotopic (exact) mass is 203 g/mol. The Morgan fingerprint density at radius 2 is 2.23 bits per heavy atom. The summed E-state index contributed by atoms with van der Waals surface area (Å²) in [6.07, 6.45) is 1.08. The summed E-state index contributed by atoms with van der Waals surface area (Å²) in [5.41, 5.74) is 0. The summed E-state index contributed by atoms with van der Waals surface area (Å²) in [4.78, 5) is 11.2. The molecule has 1 aliphatic rings. The number of rotatable bonds is 2. The Morgan fingerprint density at radius 1 is 1.62 bits per heavy atom. The third kappa shape index (κ3) is 2.71. The molecule has 0 bridgehead atoms. The lowest BCUT2D eigenvalue weighted by Gasteiger charge is -2.14. The smallest absolute Gasteiger partial charge is 0.262 e. The van der Waals surface area contributed by atoms with Gasteiger partial charge in [0.2, 0.25) is 0 Å². The van der Waals surface area contributed by atoms with Gasteiger partial charge >= 0.3 is 0 Å². The van der Waals surface area contributed by atoms with Crippen molar-refractivity contribution in [2.45, 2.75) is 38.5 Å². The number of nitrogens with one attached hydrogen (secondary N) is 1. The summed E-state index contributed by atoms with van der Waals surface area (Å²) >= 11 is 5.44. The van der Waals surface area contributed by atoms with E-state index >= 15 is 0 Å². The van der Waals surface area contributed by atoms with Gasteiger partial charge in [0.25, 0.3) is 5.91 Å². The van der Waals surface area contributed by atoms with Crippen molar-refractivity contribution >= 4 is 17.5 Å². The molecule has 1 heterocycles. The third-order valence-corrected chi connectivity index (χ3v) is 2.33. The van der Waals surface area contributed by atoms with Crippen LogP contribution in [0.3, 0.4) is 0 Å². The van der Waals surface area contributed by atoms with Crippen LogP contribution in [0.1, 0.15) is 20.3 Å². The molecule has 3 nitrogen and oxygen atoms in total. The molecule has 1 aliphatic heterocycles. The molecule has 0 spiro atoms. The fraction of sp³-hybridized carbons (Fsp3) is 0.667. The van der Waals surface area contributed by atoms with Crippen LogP contribution in [0.2, 0.25) is 0 Å². The number of halogens is 1. The highest BCUT2D eigenvalue weighted by Gasteiger charge is 2.30. The van der Waals surface area contributed by atoms with E-state index in [1.54, 1.807) is 0 Å². The zero-order valence-corrected chi connectivity index (χ0v) is 8.60. The minimum atomic E-state index is -0.309. The van der Waals surface area contributed by atoms with Gasteiger partial charge in [-0.05, 0) is 20.3 Å². The minimum Gasteiger partial charge on any atom is -0.373 e. The van der Waals surface area contributed by atoms with Crippen LogP contribution in [-0.2, 0) is 9.53 Å². The Labute approximate surface area is 83.1 Å². The van der Waals surface area contributed by atoms with E-state index in [0.717, 1.165) is 6.42 Å². The molecular formula is C9H14ClNO2. The molecule has 0 aliphatic carbocycles. The Morgan fingerprint density at radius 3 is 2.62 bits per heavy atom. The second-order valence-electron chi connectivity index (χ2n) is 3.37. The van der Waals surface area contributed by atoms with Gasteiger partial charge < -0.3 is 10.1 Å². The van der Waals surface area contributed by atoms with E-state index in [4.69, 9.17) is 16.3 Å². The molecule has 1 fully saturated rings. The Balaban J connectivity index is 2.46. The predicted octanol–water partition coefficient (Wildman–Crippen LogP) is 1.42. The quantitative estimate of drug-likeness (QED) is 0.690. The maximum absolute atomic E-state index is 11.2. The van der Waals surface area contributed by atoms with E-state index in [9.17, 15) is 4.79 Å². The van der Waals surface area contributed by atoms with Crippen LogP contribution < -0.4 is 5.32 Å². The van der Waals surface area contributed by atoms with Crippen molar-refractivity contribution in [3.05, 3.63) is 11.6 Å². The maximum atomic E-state index is 11.2. The van der Waals surface area contributed by atoms with Gasteiger partial charge in [0, 0.05) is 0 Å². The highest BCUT2D eigenvalue weighted by Crippen LogP contribution is 2.19. The molecule has 1 saturated heterocycles. The van der Waals surface area contributed by atoms with E-state index in [1.165, 1.54) is 0 Å². The van der Waals surface area contributed by atoms with Crippen LogP contribution in [0.4, 0.5) is 0 Å². The van der Waals surface area contributed by atoms with Crippen LogP contribution in [0.15, 0.2) is 11.6 Å². The van der Waals surface area contributed by atoms with E-state index in [-0.39, 0.29) is 29.2 Å². The molecule has 0 saturated carbocycles. The normalized spacial score (nSPS) is 33.0. The molecule has 3 unspecified atom stereocenters. The van der Waals surface area contributed by atoms with Crippen LogP contribution in [0.5, 0.6) is 0 Å². The van der Waals surface area contributed by atoms with E-state index in [0.29, 0.717) is 0 Å². The fourth-order valence-corrected chi connectivity index (χ4v) is 1.54. The van der Waals surface area contributed by atoms with Crippen molar-refractivity contribution in [2.75, 3.05) is 0 Å². The molecule has 3 atom stereocenters. The SMILES string of the molecule is C=C(Cl)C(=O)NC1CC(C)OC1C. The van der Waals surface area contributed by atoms with Crippen LogP contribution in [0.25, 0.3) is 0 Å². The first-order valence-corrected chi connectivity index (χ1v) is 4.69. The summed E-state index contributed by atoms with van der Waals surface area (Å²) in [5.74, 6) is -0.309. The van der Waals surface area contributed by atoms with Gasteiger partial charge in [0.15, 0.2) is 0 Å². The van der Waals surface area contributed by atoms with Gasteiger partial charge in [0.05, 0.1) is 23.3 Å².